The van der Waals surface area contributed by atoms with Gasteiger partial charge in [-0.05, 0) is 75.2 Å². The molecule has 3 fully saturated rings. The van der Waals surface area contributed by atoms with E-state index in [1.807, 2.05) is 48.4 Å². The molecule has 58 heavy (non-hydrogen) atoms. The summed E-state index contributed by atoms with van der Waals surface area (Å²) in [4.78, 5) is 73.0. The SMILES string of the molecule is Cc1nc2c(F)cc(-c3nc(Nc4ccc(CN5CCN(C(=O)C6CN(c7ccc(C(=O)NC8CCC(=O)NC8=O)cc7)C6)CC5)cn4)ncc3F)cc2n1C(C)C. The van der Waals surface area contributed by atoms with Crippen molar-refractivity contribution in [1.82, 2.24) is 44.9 Å². The summed E-state index contributed by atoms with van der Waals surface area (Å²) >= 11 is 0. The zero-order valence-corrected chi connectivity index (χ0v) is 32.3. The van der Waals surface area contributed by atoms with Crippen LogP contribution in [0.4, 0.5) is 26.2 Å². The lowest BCUT2D eigenvalue weighted by atomic mass is 9.96. The van der Waals surface area contributed by atoms with Crippen LogP contribution in [-0.4, -0.2) is 103 Å². The van der Waals surface area contributed by atoms with Gasteiger partial charge in [0.2, 0.25) is 23.7 Å². The molecule has 1 unspecified atom stereocenters. The number of imide groups is 1. The van der Waals surface area contributed by atoms with Gasteiger partial charge in [-0.25, -0.2) is 28.7 Å². The van der Waals surface area contributed by atoms with E-state index in [0.29, 0.717) is 55.4 Å². The van der Waals surface area contributed by atoms with E-state index in [2.05, 4.69) is 45.7 Å². The Morgan fingerprint density at radius 1 is 0.931 bits per heavy atom. The molecule has 0 aliphatic carbocycles. The van der Waals surface area contributed by atoms with Crippen LogP contribution in [0, 0.1) is 24.5 Å². The first-order chi connectivity index (χ1) is 27.9. The summed E-state index contributed by atoms with van der Waals surface area (Å²) in [5.41, 5.74) is 3.33. The number of hydrogen-bond donors (Lipinski definition) is 3. The second-order valence-electron chi connectivity index (χ2n) is 15.2. The van der Waals surface area contributed by atoms with Gasteiger partial charge in [-0.2, -0.15) is 0 Å². The van der Waals surface area contributed by atoms with E-state index >= 15 is 8.78 Å². The largest absolute Gasteiger partial charge is 0.370 e. The summed E-state index contributed by atoms with van der Waals surface area (Å²) in [6, 6.07) is 13.0. The van der Waals surface area contributed by atoms with E-state index < -0.39 is 23.6 Å². The molecule has 2 aromatic carbocycles. The number of anilines is 3. The van der Waals surface area contributed by atoms with Crippen LogP contribution in [-0.2, 0) is 20.9 Å². The molecule has 3 saturated heterocycles. The van der Waals surface area contributed by atoms with Gasteiger partial charge in [0.1, 0.15) is 28.9 Å². The van der Waals surface area contributed by atoms with E-state index in [4.69, 9.17) is 0 Å². The van der Waals surface area contributed by atoms with Crippen molar-refractivity contribution in [1.29, 1.82) is 0 Å². The Kier molecular flexibility index (Phi) is 10.5. The number of piperazine rings is 1. The third kappa shape index (κ3) is 7.94. The average molecular weight is 792 g/mol. The average Bonchev–Trinajstić information content (AvgIpc) is 3.54. The smallest absolute Gasteiger partial charge is 0.251 e. The summed E-state index contributed by atoms with van der Waals surface area (Å²) in [5, 5.41) is 7.95. The van der Waals surface area contributed by atoms with Gasteiger partial charge >= 0.3 is 0 Å². The molecule has 0 spiro atoms. The zero-order chi connectivity index (χ0) is 40.7. The van der Waals surface area contributed by atoms with Crippen molar-refractivity contribution in [3.63, 3.8) is 0 Å². The van der Waals surface area contributed by atoms with Crippen molar-refractivity contribution in [3.8, 4) is 11.3 Å². The Morgan fingerprint density at radius 3 is 2.38 bits per heavy atom. The number of fused-ring (bicyclic) bond motifs is 1. The van der Waals surface area contributed by atoms with E-state index in [1.54, 1.807) is 30.5 Å². The van der Waals surface area contributed by atoms with Crippen LogP contribution in [0.25, 0.3) is 22.3 Å². The molecule has 300 valence electrons. The molecule has 0 saturated carbocycles. The minimum atomic E-state index is -0.739. The Balaban J connectivity index is 0.800. The number of imidazole rings is 1. The first-order valence-electron chi connectivity index (χ1n) is 19.3. The number of piperidine rings is 1. The maximum atomic E-state index is 15.1. The van der Waals surface area contributed by atoms with Gasteiger partial charge in [-0.1, -0.05) is 6.07 Å². The molecule has 4 amide bonds. The Morgan fingerprint density at radius 2 is 1.69 bits per heavy atom. The van der Waals surface area contributed by atoms with Crippen molar-refractivity contribution in [2.75, 3.05) is 49.5 Å². The quantitative estimate of drug-likeness (QED) is 0.174. The van der Waals surface area contributed by atoms with Crippen LogP contribution in [0.15, 0.2) is 60.9 Å². The van der Waals surface area contributed by atoms with E-state index in [0.717, 1.165) is 30.5 Å². The third-order valence-corrected chi connectivity index (χ3v) is 10.9. The van der Waals surface area contributed by atoms with Crippen molar-refractivity contribution < 1.29 is 28.0 Å². The van der Waals surface area contributed by atoms with Crippen LogP contribution < -0.4 is 20.9 Å². The van der Waals surface area contributed by atoms with Crippen molar-refractivity contribution >= 4 is 52.1 Å². The number of halogens is 2. The number of nitrogens with one attached hydrogen (secondary N) is 3. The number of aromatic nitrogens is 5. The van der Waals surface area contributed by atoms with Gasteiger partial charge in [0.25, 0.3) is 5.91 Å². The van der Waals surface area contributed by atoms with Crippen molar-refractivity contribution in [3.05, 3.63) is 89.5 Å². The Hall–Kier alpha value is -6.36. The van der Waals surface area contributed by atoms with Gasteiger partial charge < -0.3 is 25.0 Å². The highest BCUT2D eigenvalue weighted by molar-refractivity contribution is 6.03. The van der Waals surface area contributed by atoms with Gasteiger partial charge in [-0.15, -0.1) is 0 Å². The fourth-order valence-electron chi connectivity index (χ4n) is 7.78. The number of pyridine rings is 1. The minimum absolute atomic E-state index is 0.0282. The number of rotatable bonds is 10. The first kappa shape index (κ1) is 38.5. The number of hydrogen-bond acceptors (Lipinski definition) is 11. The number of carbonyl (C=O) groups is 4. The predicted molar refractivity (Wildman–Crippen MR) is 211 cm³/mol. The van der Waals surface area contributed by atoms with Crippen LogP contribution in [0.3, 0.4) is 0 Å². The number of nitrogens with zero attached hydrogens (tertiary/aromatic N) is 8. The summed E-state index contributed by atoms with van der Waals surface area (Å²) in [6.07, 6.45) is 3.26. The van der Waals surface area contributed by atoms with Crippen LogP contribution in [0.2, 0.25) is 0 Å². The first-order valence-corrected chi connectivity index (χ1v) is 19.3. The summed E-state index contributed by atoms with van der Waals surface area (Å²) in [5.74, 6) is -1.17. The monoisotopic (exact) mass is 791 g/mol. The molecular weight excluding hydrogens is 749 g/mol. The summed E-state index contributed by atoms with van der Waals surface area (Å²) in [7, 11) is 0. The molecule has 3 N–H and O–H groups in total. The number of aryl methyl sites for hydroxylation is 1. The molecular formula is C41H43F2N11O4. The predicted octanol–water partition coefficient (Wildman–Crippen LogP) is 4.12. The van der Waals surface area contributed by atoms with Gasteiger partial charge in [0.05, 0.1) is 17.6 Å². The highest BCUT2D eigenvalue weighted by Gasteiger charge is 2.37. The molecule has 3 aliphatic heterocycles. The van der Waals surface area contributed by atoms with Gasteiger partial charge in [-0.3, -0.25) is 29.4 Å². The number of carbonyl (C=O) groups excluding carboxylic acids is 4. The van der Waals surface area contributed by atoms with Gasteiger partial charge in [0.15, 0.2) is 11.6 Å². The standard InChI is InChI=1S/C41H43F2N11O4/c1-23(2)54-24(3)46-37-30(42)16-27(17-33(37)54)36-31(43)19-45-41(50-36)48-34-10-4-25(18-44-34)20-51-12-14-52(15-13-51)40(58)28-21-53(22-28)29-7-5-26(6-8-29)38(56)47-32-9-11-35(55)49-39(32)57/h4-8,10,16-19,23,28,32H,9,11-15,20-22H2,1-3H3,(H,47,56)(H,49,55,57)(H,44,45,48,50). The number of amides is 4. The summed E-state index contributed by atoms with van der Waals surface area (Å²) in [6.45, 7) is 10.3. The van der Waals surface area contributed by atoms with Crippen LogP contribution >= 0.6 is 0 Å². The lowest BCUT2D eigenvalue weighted by Gasteiger charge is -2.44. The molecule has 1 atom stereocenters. The molecule has 6 heterocycles. The minimum Gasteiger partial charge on any atom is -0.370 e. The zero-order valence-electron chi connectivity index (χ0n) is 32.3. The number of benzene rings is 2. The highest BCUT2D eigenvalue weighted by atomic mass is 19.1. The van der Waals surface area contributed by atoms with Crippen molar-refractivity contribution in [2.45, 2.75) is 52.2 Å². The van der Waals surface area contributed by atoms with Crippen LogP contribution in [0.1, 0.15) is 54.5 Å². The topological polar surface area (TPSA) is 171 Å². The molecule has 8 rings (SSSR count). The fourth-order valence-corrected chi connectivity index (χ4v) is 7.78. The molecule has 5 aromatic rings. The summed E-state index contributed by atoms with van der Waals surface area (Å²) < 4.78 is 32.0. The molecule has 17 heteroatoms. The molecule has 15 nitrogen and oxygen atoms in total. The third-order valence-electron chi connectivity index (χ3n) is 10.9. The second-order valence-corrected chi connectivity index (χ2v) is 15.2. The van der Waals surface area contributed by atoms with Crippen molar-refractivity contribution in [2.24, 2.45) is 5.92 Å². The van der Waals surface area contributed by atoms with E-state index in [9.17, 15) is 19.2 Å². The lowest BCUT2D eigenvalue weighted by Crippen LogP contribution is -2.57. The van der Waals surface area contributed by atoms with E-state index in [1.165, 1.54) is 6.07 Å². The second kappa shape index (κ2) is 15.9. The Bertz CT molecular complexity index is 2390. The van der Waals surface area contributed by atoms with Crippen LogP contribution in [0.5, 0.6) is 0 Å². The van der Waals surface area contributed by atoms with E-state index in [-0.39, 0.29) is 65.2 Å². The van der Waals surface area contributed by atoms with Gasteiger partial charge in [0, 0.05) is 81.3 Å². The lowest BCUT2D eigenvalue weighted by molar-refractivity contribution is -0.138. The normalized spacial score (nSPS) is 17.7. The fraction of sp³-hybridized carbons (Fsp3) is 0.366. The molecule has 3 aromatic heterocycles. The molecule has 0 bridgehead atoms. The maximum Gasteiger partial charge on any atom is 0.251 e. The molecule has 3 aliphatic rings. The Labute approximate surface area is 332 Å². The highest BCUT2D eigenvalue weighted by Crippen LogP contribution is 2.31. The maximum absolute atomic E-state index is 15.1. The molecule has 0 radical (unpaired) electrons.